The molecule has 0 aliphatic rings. The van der Waals surface area contributed by atoms with E-state index in [1.165, 1.54) is 42.4 Å². The minimum Gasteiger partial charge on any atom is -0.479 e. The first kappa shape index (κ1) is 18.5. The van der Waals surface area contributed by atoms with Crippen LogP contribution in [0.3, 0.4) is 0 Å². The second kappa shape index (κ2) is 9.48. The molecule has 0 amide bonds. The van der Waals surface area contributed by atoms with E-state index in [2.05, 4.69) is 10.1 Å². The van der Waals surface area contributed by atoms with Gasteiger partial charge in [-0.25, -0.2) is 9.37 Å². The Labute approximate surface area is 149 Å². The lowest BCUT2D eigenvalue weighted by Gasteiger charge is -2.16. The summed E-state index contributed by atoms with van der Waals surface area (Å²) in [4.78, 5) is 16.2. The van der Waals surface area contributed by atoms with Gasteiger partial charge in [0.25, 0.3) is 0 Å². The molecule has 2 rings (SSSR count). The average Bonchev–Trinajstić information content (AvgIpc) is 3.06. The lowest BCUT2D eigenvalue weighted by Crippen LogP contribution is -2.18. The zero-order valence-electron chi connectivity index (χ0n) is 13.2. The van der Waals surface area contributed by atoms with E-state index in [0.29, 0.717) is 35.9 Å². The van der Waals surface area contributed by atoms with Gasteiger partial charge in [-0.05, 0) is 49.8 Å². The molecule has 1 heterocycles. The topological polar surface area (TPSA) is 57.0 Å². The number of ether oxygens (including phenoxy) is 1. The van der Waals surface area contributed by atoms with Crippen molar-refractivity contribution in [3.05, 3.63) is 48.3 Å². The molecule has 1 unspecified atom stereocenters. The van der Waals surface area contributed by atoms with Crippen molar-refractivity contribution in [2.45, 2.75) is 31.6 Å². The summed E-state index contributed by atoms with van der Waals surface area (Å²) < 4.78 is 20.4. The number of hydrogen-bond acceptors (Lipinski definition) is 6. The molecule has 0 radical (unpaired) electrons. The van der Waals surface area contributed by atoms with Gasteiger partial charge in [0.05, 0.1) is 13.2 Å². The first-order chi connectivity index (χ1) is 11.6. The number of Topliss-reactive ketones (excluding diaryl/α,β-unsaturated/α-hetero) is 1. The van der Waals surface area contributed by atoms with Crippen LogP contribution in [0.5, 0.6) is 0 Å². The molecule has 2 aromatic rings. The highest BCUT2D eigenvalue weighted by Crippen LogP contribution is 2.22. The molecule has 1 atom stereocenters. The van der Waals surface area contributed by atoms with E-state index in [0.717, 1.165) is 0 Å². The van der Waals surface area contributed by atoms with Gasteiger partial charge in [-0.15, -0.1) is 0 Å². The monoisotopic (exact) mass is 367 g/mol. The van der Waals surface area contributed by atoms with Gasteiger partial charge in [0, 0.05) is 17.2 Å². The molecule has 0 N–H and O–H groups in total. The van der Waals surface area contributed by atoms with E-state index in [9.17, 15) is 9.18 Å². The van der Waals surface area contributed by atoms with Gasteiger partial charge < -0.3 is 4.74 Å². The van der Waals surface area contributed by atoms with Crippen LogP contribution in [0.1, 0.15) is 30.1 Å². The fourth-order valence-corrected chi connectivity index (χ4v) is 3.53. The number of thioether (sulfide) groups is 1. The van der Waals surface area contributed by atoms with Crippen LogP contribution in [0.2, 0.25) is 0 Å². The van der Waals surface area contributed by atoms with Crippen LogP contribution in [0.15, 0.2) is 36.9 Å². The van der Waals surface area contributed by atoms with E-state index in [1.54, 1.807) is 11.0 Å². The van der Waals surface area contributed by atoms with Crippen LogP contribution in [0.25, 0.3) is 0 Å². The van der Waals surface area contributed by atoms with Crippen LogP contribution in [-0.2, 0) is 11.3 Å². The van der Waals surface area contributed by atoms with Crippen molar-refractivity contribution in [2.24, 2.45) is 0 Å². The summed E-state index contributed by atoms with van der Waals surface area (Å²) in [7, 11) is 0. The fourth-order valence-electron chi connectivity index (χ4n) is 2.08. The van der Waals surface area contributed by atoms with Gasteiger partial charge in [0.15, 0.2) is 5.78 Å². The maximum absolute atomic E-state index is 12.9. The number of thiocarbonyl (C=S) groups is 1. The van der Waals surface area contributed by atoms with Crippen LogP contribution >= 0.6 is 24.0 Å². The standard InChI is InChI=1S/C16H18FN3O2S2/c1-2-22-16(23)24-14(9-20-11-18-10-19-20)7-8-15(21)12-3-5-13(17)6-4-12/h3-6,10-11,14H,2,7-9H2,1H3. The van der Waals surface area contributed by atoms with Crippen molar-refractivity contribution in [3.63, 3.8) is 0 Å². The molecular formula is C16H18FN3O2S2. The molecular weight excluding hydrogens is 349 g/mol. The van der Waals surface area contributed by atoms with E-state index in [-0.39, 0.29) is 16.9 Å². The van der Waals surface area contributed by atoms with Crippen molar-refractivity contribution in [1.82, 2.24) is 14.8 Å². The molecule has 0 aliphatic carbocycles. The predicted molar refractivity (Wildman–Crippen MR) is 95.6 cm³/mol. The van der Waals surface area contributed by atoms with E-state index < -0.39 is 0 Å². The third kappa shape index (κ3) is 6.01. The number of hydrogen-bond donors (Lipinski definition) is 0. The summed E-state index contributed by atoms with van der Waals surface area (Å²) in [5, 5.41) is 4.12. The van der Waals surface area contributed by atoms with Crippen molar-refractivity contribution in [3.8, 4) is 0 Å². The second-order valence-electron chi connectivity index (χ2n) is 5.01. The number of carbonyl (C=O) groups excluding carboxylic acids is 1. The maximum Gasteiger partial charge on any atom is 0.220 e. The van der Waals surface area contributed by atoms with Gasteiger partial charge in [0.1, 0.15) is 18.5 Å². The number of ketones is 1. The minimum atomic E-state index is -0.353. The highest BCUT2D eigenvalue weighted by Gasteiger charge is 2.17. The number of nitrogens with zero attached hydrogens (tertiary/aromatic N) is 3. The average molecular weight is 367 g/mol. The van der Waals surface area contributed by atoms with Crippen molar-refractivity contribution >= 4 is 34.1 Å². The Hall–Kier alpha value is -1.80. The van der Waals surface area contributed by atoms with Crippen molar-refractivity contribution in [1.29, 1.82) is 0 Å². The van der Waals surface area contributed by atoms with Gasteiger partial charge in [0.2, 0.25) is 4.38 Å². The summed E-state index contributed by atoms with van der Waals surface area (Å²) in [5.41, 5.74) is 0.508. The van der Waals surface area contributed by atoms with Crippen molar-refractivity contribution in [2.75, 3.05) is 6.61 Å². The third-order valence-corrected chi connectivity index (χ3v) is 4.68. The normalized spacial score (nSPS) is 11.9. The minimum absolute atomic E-state index is 0.0264. The molecule has 0 fully saturated rings. The summed E-state index contributed by atoms with van der Waals surface area (Å²) >= 11 is 6.60. The molecule has 0 spiro atoms. The van der Waals surface area contributed by atoms with Gasteiger partial charge in [-0.3, -0.25) is 9.48 Å². The van der Waals surface area contributed by atoms with Gasteiger partial charge in [-0.2, -0.15) is 5.10 Å². The van der Waals surface area contributed by atoms with Crippen LogP contribution in [0, 0.1) is 5.82 Å². The first-order valence-electron chi connectivity index (χ1n) is 7.53. The Bertz CT molecular complexity index is 662. The quantitative estimate of drug-likeness (QED) is 0.526. The third-order valence-electron chi connectivity index (χ3n) is 3.24. The van der Waals surface area contributed by atoms with Crippen LogP contribution in [0.4, 0.5) is 4.39 Å². The molecule has 128 valence electrons. The van der Waals surface area contributed by atoms with Gasteiger partial charge in [-0.1, -0.05) is 11.8 Å². The highest BCUT2D eigenvalue weighted by molar-refractivity contribution is 8.23. The molecule has 0 aliphatic heterocycles. The lowest BCUT2D eigenvalue weighted by atomic mass is 10.1. The Balaban J connectivity index is 1.94. The lowest BCUT2D eigenvalue weighted by molar-refractivity contribution is 0.0979. The molecule has 0 saturated carbocycles. The number of carbonyl (C=O) groups is 1. The SMILES string of the molecule is CCOC(=S)SC(CCC(=O)c1ccc(F)cc1)Cn1cncn1. The van der Waals surface area contributed by atoms with Crippen molar-refractivity contribution < 1.29 is 13.9 Å². The predicted octanol–water partition coefficient (Wildman–Crippen LogP) is 3.50. The largest absolute Gasteiger partial charge is 0.479 e. The van der Waals surface area contributed by atoms with Crippen LogP contribution in [-0.4, -0.2) is 36.8 Å². The molecule has 0 saturated heterocycles. The molecule has 5 nitrogen and oxygen atoms in total. The highest BCUT2D eigenvalue weighted by atomic mass is 32.2. The van der Waals surface area contributed by atoms with Gasteiger partial charge >= 0.3 is 0 Å². The van der Waals surface area contributed by atoms with E-state index in [1.807, 2.05) is 6.92 Å². The second-order valence-corrected chi connectivity index (χ2v) is 6.91. The van der Waals surface area contributed by atoms with Crippen LogP contribution < -0.4 is 0 Å². The first-order valence-corrected chi connectivity index (χ1v) is 8.82. The Kier molecular flexibility index (Phi) is 7.33. The fraction of sp³-hybridized carbons (Fsp3) is 0.375. The summed E-state index contributed by atoms with van der Waals surface area (Å²) in [6.45, 7) is 2.96. The smallest absolute Gasteiger partial charge is 0.220 e. The summed E-state index contributed by atoms with van der Waals surface area (Å²) in [5.74, 6) is -0.380. The zero-order chi connectivity index (χ0) is 17.4. The molecule has 1 aromatic heterocycles. The Morgan fingerprint density at radius 3 is 2.79 bits per heavy atom. The number of aromatic nitrogens is 3. The molecule has 1 aromatic carbocycles. The Morgan fingerprint density at radius 2 is 2.17 bits per heavy atom. The number of halogens is 1. The van der Waals surface area contributed by atoms with E-state index >= 15 is 0 Å². The number of rotatable bonds is 8. The Morgan fingerprint density at radius 1 is 1.42 bits per heavy atom. The zero-order valence-corrected chi connectivity index (χ0v) is 14.9. The summed E-state index contributed by atoms with van der Waals surface area (Å²) in [6, 6.07) is 5.59. The molecule has 24 heavy (non-hydrogen) atoms. The summed E-state index contributed by atoms with van der Waals surface area (Å²) in [6.07, 6.45) is 4.03. The molecule has 8 heteroatoms. The molecule has 0 bridgehead atoms. The van der Waals surface area contributed by atoms with E-state index in [4.69, 9.17) is 17.0 Å². The number of benzene rings is 1. The maximum atomic E-state index is 12.9.